The molecule has 0 spiro atoms. The molecule has 2 N–H and O–H groups in total. The monoisotopic (exact) mass is 278 g/mol. The van der Waals surface area contributed by atoms with Crippen LogP contribution in [-0.2, 0) is 0 Å². The molecule has 1 aliphatic heterocycles. The Labute approximate surface area is 118 Å². The van der Waals surface area contributed by atoms with Gasteiger partial charge in [-0.15, -0.1) is 0 Å². The molecular weight excluding hydrogens is 256 g/mol. The lowest BCUT2D eigenvalue weighted by molar-refractivity contribution is 0.389. The summed E-state index contributed by atoms with van der Waals surface area (Å²) in [6, 6.07) is 0.597. The van der Waals surface area contributed by atoms with E-state index >= 15 is 0 Å². The first-order chi connectivity index (χ1) is 9.78. The van der Waals surface area contributed by atoms with E-state index in [1.54, 1.807) is 0 Å². The van der Waals surface area contributed by atoms with Gasteiger partial charge in [0.15, 0.2) is 5.82 Å². The maximum Gasteiger partial charge on any atom is 0.295 e. The summed E-state index contributed by atoms with van der Waals surface area (Å²) in [7, 11) is 1.51. The summed E-state index contributed by atoms with van der Waals surface area (Å²) in [6.07, 6.45) is 6.39. The topological polar surface area (TPSA) is 70.2 Å². The Morgan fingerprint density at radius 1 is 1.40 bits per heavy atom. The van der Waals surface area contributed by atoms with Crippen molar-refractivity contribution in [2.75, 3.05) is 31.6 Å². The molecule has 1 aromatic heterocycles. The highest BCUT2D eigenvalue weighted by molar-refractivity contribution is 5.50. The lowest BCUT2D eigenvalue weighted by Gasteiger charge is -2.33. The van der Waals surface area contributed by atoms with Crippen molar-refractivity contribution in [3.8, 4) is 5.75 Å². The number of ether oxygens (including phenoxy) is 1. The number of nitrogens with zero attached hydrogens (tertiary/aromatic N) is 2. The second-order valence-corrected chi connectivity index (χ2v) is 5.70. The van der Waals surface area contributed by atoms with Crippen LogP contribution in [0.5, 0.6) is 5.75 Å². The quantitative estimate of drug-likeness (QED) is 0.831. The molecule has 1 aliphatic carbocycles. The first-order valence-electron chi connectivity index (χ1n) is 7.38. The van der Waals surface area contributed by atoms with Crippen molar-refractivity contribution in [2.24, 2.45) is 5.92 Å². The van der Waals surface area contributed by atoms with Crippen LogP contribution >= 0.6 is 0 Å². The molecule has 110 valence electrons. The Morgan fingerprint density at radius 3 is 2.80 bits per heavy atom. The molecule has 1 aromatic rings. The minimum Gasteiger partial charge on any atom is -0.489 e. The van der Waals surface area contributed by atoms with E-state index in [1.807, 2.05) is 0 Å². The number of H-pyrrole nitrogens is 1. The van der Waals surface area contributed by atoms with E-state index in [4.69, 9.17) is 4.74 Å². The van der Waals surface area contributed by atoms with Crippen molar-refractivity contribution >= 4 is 5.82 Å². The van der Waals surface area contributed by atoms with Crippen LogP contribution in [0.2, 0.25) is 0 Å². The SMILES string of the molecule is COc1c(N2CCC(NCC3CC3)CC2)nc[nH]c1=O. The molecule has 20 heavy (non-hydrogen) atoms. The van der Waals surface area contributed by atoms with Crippen LogP contribution in [0.1, 0.15) is 25.7 Å². The number of hydrogen-bond donors (Lipinski definition) is 2. The predicted octanol–water partition coefficient (Wildman–Crippen LogP) is 0.747. The third kappa shape index (κ3) is 2.95. The number of rotatable bonds is 5. The first kappa shape index (κ1) is 13.4. The zero-order valence-corrected chi connectivity index (χ0v) is 11.9. The van der Waals surface area contributed by atoms with Crippen LogP contribution in [0.3, 0.4) is 0 Å². The summed E-state index contributed by atoms with van der Waals surface area (Å²) in [5, 5.41) is 3.65. The smallest absolute Gasteiger partial charge is 0.295 e. The van der Waals surface area contributed by atoms with Gasteiger partial charge in [-0.25, -0.2) is 4.98 Å². The van der Waals surface area contributed by atoms with Crippen LogP contribution in [-0.4, -0.2) is 42.8 Å². The van der Waals surface area contributed by atoms with Crippen molar-refractivity contribution in [3.05, 3.63) is 16.7 Å². The fourth-order valence-corrected chi connectivity index (χ4v) is 2.74. The van der Waals surface area contributed by atoms with Crippen molar-refractivity contribution < 1.29 is 4.74 Å². The Bertz CT molecular complexity index is 504. The number of piperidine rings is 1. The molecule has 0 bridgehead atoms. The Kier molecular flexibility index (Phi) is 3.91. The average molecular weight is 278 g/mol. The van der Waals surface area contributed by atoms with E-state index in [9.17, 15) is 4.79 Å². The van der Waals surface area contributed by atoms with Gasteiger partial charge in [-0.2, -0.15) is 0 Å². The number of anilines is 1. The number of methoxy groups -OCH3 is 1. The van der Waals surface area contributed by atoms with Gasteiger partial charge in [-0.3, -0.25) is 4.79 Å². The minimum atomic E-state index is -0.216. The summed E-state index contributed by atoms with van der Waals surface area (Å²) in [4.78, 5) is 20.7. The average Bonchev–Trinajstić information content (AvgIpc) is 3.30. The van der Waals surface area contributed by atoms with Crippen LogP contribution in [0, 0.1) is 5.92 Å². The van der Waals surface area contributed by atoms with Crippen LogP contribution in [0.25, 0.3) is 0 Å². The molecule has 3 rings (SSSR count). The molecule has 1 saturated heterocycles. The molecule has 2 heterocycles. The lowest BCUT2D eigenvalue weighted by atomic mass is 10.0. The second-order valence-electron chi connectivity index (χ2n) is 5.70. The van der Waals surface area contributed by atoms with E-state index in [-0.39, 0.29) is 5.56 Å². The number of nitrogens with one attached hydrogen (secondary N) is 2. The minimum absolute atomic E-state index is 0.216. The van der Waals surface area contributed by atoms with Gasteiger partial charge in [0.05, 0.1) is 13.4 Å². The molecule has 2 aliphatic rings. The highest BCUT2D eigenvalue weighted by Crippen LogP contribution is 2.28. The fourth-order valence-electron chi connectivity index (χ4n) is 2.74. The summed E-state index contributed by atoms with van der Waals surface area (Å²) < 4.78 is 5.18. The molecule has 6 nitrogen and oxygen atoms in total. The number of aromatic nitrogens is 2. The van der Waals surface area contributed by atoms with E-state index in [0.29, 0.717) is 17.6 Å². The maximum atomic E-state index is 11.7. The van der Waals surface area contributed by atoms with E-state index in [1.165, 1.54) is 26.3 Å². The Morgan fingerprint density at radius 2 is 2.15 bits per heavy atom. The molecule has 0 unspecified atom stereocenters. The maximum absolute atomic E-state index is 11.7. The molecule has 1 saturated carbocycles. The second kappa shape index (κ2) is 5.83. The highest BCUT2D eigenvalue weighted by atomic mass is 16.5. The predicted molar refractivity (Wildman–Crippen MR) is 77.4 cm³/mol. The van der Waals surface area contributed by atoms with Gasteiger partial charge >= 0.3 is 0 Å². The molecule has 0 radical (unpaired) electrons. The zero-order valence-electron chi connectivity index (χ0n) is 11.9. The van der Waals surface area contributed by atoms with Crippen molar-refractivity contribution in [1.82, 2.24) is 15.3 Å². The van der Waals surface area contributed by atoms with E-state index in [2.05, 4.69) is 20.2 Å². The fraction of sp³-hybridized carbons (Fsp3) is 0.714. The van der Waals surface area contributed by atoms with Gasteiger partial charge in [-0.1, -0.05) is 0 Å². The third-order valence-electron chi connectivity index (χ3n) is 4.18. The number of aromatic amines is 1. The van der Waals surface area contributed by atoms with E-state index < -0.39 is 0 Å². The standard InChI is InChI=1S/C14H22N4O2/c1-20-12-13(16-9-17-14(12)19)18-6-4-11(5-7-18)15-8-10-2-3-10/h9-11,15H,2-8H2,1H3,(H,16,17,19). The largest absolute Gasteiger partial charge is 0.489 e. The number of hydrogen-bond acceptors (Lipinski definition) is 5. The molecule has 0 amide bonds. The summed E-state index contributed by atoms with van der Waals surface area (Å²) >= 11 is 0. The van der Waals surface area contributed by atoms with Crippen LogP contribution in [0.4, 0.5) is 5.82 Å². The molecular formula is C14H22N4O2. The molecule has 2 fully saturated rings. The van der Waals surface area contributed by atoms with Gasteiger partial charge in [0.25, 0.3) is 5.56 Å². The Hall–Kier alpha value is -1.56. The highest BCUT2D eigenvalue weighted by Gasteiger charge is 2.26. The van der Waals surface area contributed by atoms with Crippen LogP contribution in [0.15, 0.2) is 11.1 Å². The van der Waals surface area contributed by atoms with Gasteiger partial charge < -0.3 is 19.9 Å². The summed E-state index contributed by atoms with van der Waals surface area (Å²) in [6.45, 7) is 2.99. The zero-order chi connectivity index (χ0) is 13.9. The molecule has 0 atom stereocenters. The first-order valence-corrected chi connectivity index (χ1v) is 7.38. The van der Waals surface area contributed by atoms with Crippen molar-refractivity contribution in [2.45, 2.75) is 31.7 Å². The Balaban J connectivity index is 1.59. The molecule has 0 aromatic carbocycles. The van der Waals surface area contributed by atoms with Gasteiger partial charge in [0, 0.05) is 19.1 Å². The summed E-state index contributed by atoms with van der Waals surface area (Å²) in [5.74, 6) is 1.90. The normalized spacial score (nSPS) is 20.1. The van der Waals surface area contributed by atoms with Gasteiger partial charge in [0.1, 0.15) is 0 Å². The third-order valence-corrected chi connectivity index (χ3v) is 4.18. The lowest BCUT2D eigenvalue weighted by Crippen LogP contribution is -2.43. The van der Waals surface area contributed by atoms with Gasteiger partial charge in [0.2, 0.25) is 5.75 Å². The van der Waals surface area contributed by atoms with E-state index in [0.717, 1.165) is 38.4 Å². The summed E-state index contributed by atoms with van der Waals surface area (Å²) in [5.41, 5.74) is -0.216. The molecule has 6 heteroatoms. The van der Waals surface area contributed by atoms with Crippen molar-refractivity contribution in [1.29, 1.82) is 0 Å². The van der Waals surface area contributed by atoms with Gasteiger partial charge in [-0.05, 0) is 38.1 Å². The van der Waals surface area contributed by atoms with Crippen molar-refractivity contribution in [3.63, 3.8) is 0 Å². The van der Waals surface area contributed by atoms with Crippen LogP contribution < -0.4 is 20.5 Å².